The minimum atomic E-state index is -0.877. The largest absolute Gasteiger partial charge is 0.458 e. The van der Waals surface area contributed by atoms with Gasteiger partial charge in [0, 0.05) is 18.8 Å². The lowest BCUT2D eigenvalue weighted by molar-refractivity contribution is 0.168. The zero-order chi connectivity index (χ0) is 17.4. The number of likely N-dealkylation sites (tertiary alicyclic amines) is 1. The second-order valence-corrected chi connectivity index (χ2v) is 6.24. The summed E-state index contributed by atoms with van der Waals surface area (Å²) in [6, 6.07) is 9.22. The number of rotatable bonds is 4. The van der Waals surface area contributed by atoms with Crippen LogP contribution in [0.2, 0.25) is 0 Å². The van der Waals surface area contributed by atoms with Crippen LogP contribution in [-0.2, 0) is 6.54 Å². The third-order valence-corrected chi connectivity index (χ3v) is 4.50. The second-order valence-electron chi connectivity index (χ2n) is 6.24. The van der Waals surface area contributed by atoms with E-state index >= 15 is 0 Å². The molecule has 1 aromatic carbocycles. The molecule has 1 aliphatic rings. The maximum Gasteiger partial charge on any atom is 0.159 e. The van der Waals surface area contributed by atoms with Crippen molar-refractivity contribution in [2.45, 2.75) is 25.1 Å². The third-order valence-electron chi connectivity index (χ3n) is 4.50. The molecule has 0 radical (unpaired) electrons. The molecule has 3 heterocycles. The van der Waals surface area contributed by atoms with Crippen molar-refractivity contribution in [2.24, 2.45) is 0 Å². The summed E-state index contributed by atoms with van der Waals surface area (Å²) >= 11 is 0. The Morgan fingerprint density at radius 1 is 1.20 bits per heavy atom. The van der Waals surface area contributed by atoms with E-state index in [4.69, 9.17) is 4.42 Å². The minimum absolute atomic E-state index is 0.189. The number of nitrogens with one attached hydrogen (secondary N) is 1. The van der Waals surface area contributed by atoms with Crippen molar-refractivity contribution in [1.29, 1.82) is 0 Å². The number of hydrogen-bond acceptors (Lipinski definition) is 4. The van der Waals surface area contributed by atoms with Gasteiger partial charge in [-0.15, -0.1) is 0 Å². The standard InChI is InChI=1S/C18H17F2N3O2/c19-14-3-1-11(7-15(14)20)17-8-12(24)9-23(17)10-13-2-4-18(25-13)16-5-6-21-22-16/h1-7,12,17,24H,8-10H2,(H,21,22). The van der Waals surface area contributed by atoms with Crippen LogP contribution in [0.25, 0.3) is 11.5 Å². The van der Waals surface area contributed by atoms with Crippen molar-refractivity contribution in [3.8, 4) is 11.5 Å². The fourth-order valence-electron chi connectivity index (χ4n) is 3.32. The van der Waals surface area contributed by atoms with E-state index in [9.17, 15) is 13.9 Å². The second kappa shape index (κ2) is 6.42. The Balaban J connectivity index is 1.55. The van der Waals surface area contributed by atoms with Gasteiger partial charge in [-0.25, -0.2) is 8.78 Å². The fraction of sp³-hybridized carbons (Fsp3) is 0.278. The first-order valence-electron chi connectivity index (χ1n) is 8.05. The summed E-state index contributed by atoms with van der Waals surface area (Å²) in [6.07, 6.45) is 1.60. The maximum atomic E-state index is 13.6. The molecule has 2 atom stereocenters. The summed E-state index contributed by atoms with van der Waals surface area (Å²) < 4.78 is 32.6. The molecule has 1 aliphatic heterocycles. The van der Waals surface area contributed by atoms with E-state index in [1.165, 1.54) is 6.07 Å². The van der Waals surface area contributed by atoms with Crippen molar-refractivity contribution < 1.29 is 18.3 Å². The molecule has 0 aliphatic carbocycles. The van der Waals surface area contributed by atoms with Crippen LogP contribution in [0, 0.1) is 11.6 Å². The smallest absolute Gasteiger partial charge is 0.159 e. The number of H-pyrrole nitrogens is 1. The molecule has 2 aromatic heterocycles. The van der Waals surface area contributed by atoms with Gasteiger partial charge < -0.3 is 9.52 Å². The van der Waals surface area contributed by atoms with Gasteiger partial charge in [0.2, 0.25) is 0 Å². The average molecular weight is 345 g/mol. The molecule has 3 aromatic rings. The lowest BCUT2D eigenvalue weighted by Crippen LogP contribution is -2.24. The summed E-state index contributed by atoms with van der Waals surface area (Å²) in [5.74, 6) is -0.342. The van der Waals surface area contributed by atoms with Crippen LogP contribution >= 0.6 is 0 Å². The molecule has 0 bridgehead atoms. The Kier molecular flexibility index (Phi) is 4.10. The van der Waals surface area contributed by atoms with Gasteiger partial charge in [-0.05, 0) is 42.3 Å². The first-order chi connectivity index (χ1) is 12.1. The third kappa shape index (κ3) is 3.20. The van der Waals surface area contributed by atoms with Gasteiger partial charge in [-0.1, -0.05) is 6.07 Å². The number of nitrogens with zero attached hydrogens (tertiary/aromatic N) is 2. The van der Waals surface area contributed by atoms with E-state index in [0.717, 1.165) is 17.5 Å². The topological polar surface area (TPSA) is 65.3 Å². The van der Waals surface area contributed by atoms with Crippen LogP contribution in [0.15, 0.2) is 47.0 Å². The van der Waals surface area contributed by atoms with Crippen LogP contribution in [-0.4, -0.2) is 32.9 Å². The predicted molar refractivity (Wildman–Crippen MR) is 86.4 cm³/mol. The molecule has 0 saturated carbocycles. The van der Waals surface area contributed by atoms with Gasteiger partial charge in [-0.2, -0.15) is 5.10 Å². The van der Waals surface area contributed by atoms with Crippen molar-refractivity contribution in [2.75, 3.05) is 6.54 Å². The molecular weight excluding hydrogens is 328 g/mol. The Hall–Kier alpha value is -2.51. The van der Waals surface area contributed by atoms with E-state index in [1.807, 2.05) is 23.1 Å². The number of aromatic amines is 1. The van der Waals surface area contributed by atoms with E-state index in [2.05, 4.69) is 10.2 Å². The van der Waals surface area contributed by atoms with Gasteiger partial charge in [0.1, 0.15) is 11.5 Å². The Labute approximate surface area is 142 Å². The number of aliphatic hydroxyl groups excluding tert-OH is 1. The Morgan fingerprint density at radius 3 is 2.84 bits per heavy atom. The summed E-state index contributed by atoms with van der Waals surface area (Å²) in [4.78, 5) is 2.01. The van der Waals surface area contributed by atoms with E-state index in [-0.39, 0.29) is 6.04 Å². The quantitative estimate of drug-likeness (QED) is 0.762. The monoisotopic (exact) mass is 345 g/mol. The SMILES string of the molecule is OC1CC(c2ccc(F)c(F)c2)N(Cc2ccc(-c3ccn[nH]3)o2)C1. The van der Waals surface area contributed by atoms with Crippen LogP contribution in [0.4, 0.5) is 8.78 Å². The molecule has 7 heteroatoms. The normalized spacial score (nSPS) is 21.1. The van der Waals surface area contributed by atoms with Crippen molar-refractivity contribution >= 4 is 0 Å². The number of hydrogen-bond donors (Lipinski definition) is 2. The van der Waals surface area contributed by atoms with Gasteiger partial charge in [0.05, 0.1) is 12.6 Å². The number of β-amino-alcohol motifs (C(OH)–C–C–N with tert-alkyl or cyclic N) is 1. The fourth-order valence-corrected chi connectivity index (χ4v) is 3.32. The van der Waals surface area contributed by atoms with E-state index in [0.29, 0.717) is 30.8 Å². The first kappa shape index (κ1) is 16.0. The van der Waals surface area contributed by atoms with Crippen LogP contribution < -0.4 is 0 Å². The molecule has 25 heavy (non-hydrogen) atoms. The maximum absolute atomic E-state index is 13.6. The average Bonchev–Trinajstić information content (AvgIpc) is 3.31. The molecule has 4 rings (SSSR count). The van der Waals surface area contributed by atoms with Crippen molar-refractivity contribution in [3.63, 3.8) is 0 Å². The summed E-state index contributed by atoms with van der Waals surface area (Å²) in [6.45, 7) is 0.915. The molecular formula is C18H17F2N3O2. The molecule has 2 N–H and O–H groups in total. The van der Waals surface area contributed by atoms with Gasteiger partial charge >= 0.3 is 0 Å². The number of aromatic nitrogens is 2. The number of furan rings is 1. The molecule has 130 valence electrons. The zero-order valence-corrected chi connectivity index (χ0v) is 13.3. The minimum Gasteiger partial charge on any atom is -0.458 e. The zero-order valence-electron chi connectivity index (χ0n) is 13.3. The van der Waals surface area contributed by atoms with Crippen LogP contribution in [0.1, 0.15) is 23.8 Å². The van der Waals surface area contributed by atoms with Gasteiger partial charge in [0.25, 0.3) is 0 Å². The van der Waals surface area contributed by atoms with Crippen LogP contribution in [0.5, 0.6) is 0 Å². The van der Waals surface area contributed by atoms with E-state index in [1.54, 1.807) is 12.3 Å². The number of halogens is 2. The number of benzene rings is 1. The van der Waals surface area contributed by atoms with Gasteiger partial charge in [-0.3, -0.25) is 10.00 Å². The first-order valence-corrected chi connectivity index (χ1v) is 8.05. The molecule has 2 unspecified atom stereocenters. The lowest BCUT2D eigenvalue weighted by Gasteiger charge is -2.23. The van der Waals surface area contributed by atoms with E-state index < -0.39 is 17.7 Å². The van der Waals surface area contributed by atoms with Crippen LogP contribution in [0.3, 0.4) is 0 Å². The molecule has 0 amide bonds. The van der Waals surface area contributed by atoms with Gasteiger partial charge in [0.15, 0.2) is 17.4 Å². The summed E-state index contributed by atoms with van der Waals surface area (Å²) in [5, 5.41) is 16.8. The lowest BCUT2D eigenvalue weighted by atomic mass is 10.0. The highest BCUT2D eigenvalue weighted by Gasteiger charge is 2.33. The summed E-state index contributed by atoms with van der Waals surface area (Å²) in [7, 11) is 0. The highest BCUT2D eigenvalue weighted by atomic mass is 19.2. The Bertz CT molecular complexity index is 863. The predicted octanol–water partition coefficient (Wildman–Crippen LogP) is 3.26. The molecule has 1 fully saturated rings. The van der Waals surface area contributed by atoms with Crippen molar-refractivity contribution in [3.05, 3.63) is 65.6 Å². The summed E-state index contributed by atoms with van der Waals surface area (Å²) in [5.41, 5.74) is 1.43. The molecule has 0 spiro atoms. The van der Waals surface area contributed by atoms with Crippen molar-refractivity contribution in [1.82, 2.24) is 15.1 Å². The Morgan fingerprint density at radius 2 is 2.08 bits per heavy atom. The molecule has 1 saturated heterocycles. The molecule has 5 nitrogen and oxygen atoms in total. The highest BCUT2D eigenvalue weighted by Crippen LogP contribution is 2.34. The highest BCUT2D eigenvalue weighted by molar-refractivity contribution is 5.51. The number of aliphatic hydroxyl groups is 1.